The molecule has 0 aliphatic rings. The maximum Gasteiger partial charge on any atom is 0.0361 e. The highest BCUT2D eigenvalue weighted by Crippen LogP contribution is 2.15. The molecule has 0 bridgehead atoms. The van der Waals surface area contributed by atoms with Crippen molar-refractivity contribution in [2.45, 2.75) is 4.90 Å². The van der Waals surface area contributed by atoms with Crippen molar-refractivity contribution in [3.05, 3.63) is 52.7 Å². The van der Waals surface area contributed by atoms with Gasteiger partial charge in [-0.3, -0.25) is 0 Å². The van der Waals surface area contributed by atoms with E-state index in [9.17, 15) is 0 Å². The van der Waals surface area contributed by atoms with Gasteiger partial charge in [0.1, 0.15) is 0 Å². The Kier molecular flexibility index (Phi) is 3.28. The quantitative estimate of drug-likeness (QED) is 0.515. The summed E-state index contributed by atoms with van der Waals surface area (Å²) in [7, 11) is 0. The van der Waals surface area contributed by atoms with Crippen molar-refractivity contribution in [3.8, 4) is 11.2 Å². The van der Waals surface area contributed by atoms with E-state index in [1.54, 1.807) is 23.1 Å². The molecule has 2 aromatic rings. The molecular weight excluding hydrogens is 208 g/mol. The summed E-state index contributed by atoms with van der Waals surface area (Å²) in [6, 6.07) is 12.2. The van der Waals surface area contributed by atoms with Crippen LogP contribution in [0.15, 0.2) is 52.1 Å². The highest BCUT2D eigenvalue weighted by atomic mass is 32.2. The molecule has 1 aromatic carbocycles. The normalized spacial score (nSPS) is 9.14. The maximum absolute atomic E-state index is 3.10. The second-order valence-corrected chi connectivity index (χ2v) is 4.31. The fourth-order valence-electron chi connectivity index (χ4n) is 0.967. The summed E-state index contributed by atoms with van der Waals surface area (Å²) in [6.45, 7) is 0. The highest BCUT2D eigenvalue weighted by Gasteiger charge is 1.87. The van der Waals surface area contributed by atoms with Gasteiger partial charge in [-0.2, -0.15) is 11.3 Å². The van der Waals surface area contributed by atoms with E-state index < -0.39 is 0 Å². The van der Waals surface area contributed by atoms with E-state index in [0.717, 1.165) is 5.56 Å². The van der Waals surface area contributed by atoms with E-state index in [2.05, 4.69) is 28.7 Å². The second kappa shape index (κ2) is 4.90. The molecule has 0 N–H and O–H groups in total. The summed E-state index contributed by atoms with van der Waals surface area (Å²) in [5, 5.41) is 7.17. The van der Waals surface area contributed by atoms with Crippen LogP contribution in [0.4, 0.5) is 0 Å². The summed E-state index contributed by atoms with van der Waals surface area (Å²) >= 11 is 3.24. The first kappa shape index (κ1) is 9.39. The van der Waals surface area contributed by atoms with Crippen molar-refractivity contribution in [3.63, 3.8) is 0 Å². The van der Waals surface area contributed by atoms with Gasteiger partial charge in [-0.1, -0.05) is 24.1 Å². The minimum atomic E-state index is 1.10. The van der Waals surface area contributed by atoms with E-state index in [4.69, 9.17) is 0 Å². The molecule has 0 aliphatic heterocycles. The van der Waals surface area contributed by atoms with Gasteiger partial charge in [0.25, 0.3) is 0 Å². The highest BCUT2D eigenvalue weighted by molar-refractivity contribution is 8.03. The summed E-state index contributed by atoms with van der Waals surface area (Å²) < 4.78 is 0. The van der Waals surface area contributed by atoms with Gasteiger partial charge in [-0.15, -0.1) is 0 Å². The topological polar surface area (TPSA) is 0 Å². The Balaban J connectivity index is 2.01. The zero-order chi connectivity index (χ0) is 9.64. The lowest BCUT2D eigenvalue weighted by atomic mass is 10.4. The predicted octanol–water partition coefficient (Wildman–Crippen LogP) is 3.85. The number of thioether (sulfide) groups is 1. The van der Waals surface area contributed by atoms with Gasteiger partial charge < -0.3 is 0 Å². The largest absolute Gasteiger partial charge is 0.151 e. The first-order chi connectivity index (χ1) is 6.95. The molecule has 1 heterocycles. The van der Waals surface area contributed by atoms with Crippen LogP contribution in [0.25, 0.3) is 0 Å². The molecule has 1 aromatic heterocycles. The van der Waals surface area contributed by atoms with Crippen molar-refractivity contribution in [2.24, 2.45) is 0 Å². The molecule has 0 spiro atoms. The first-order valence-electron chi connectivity index (χ1n) is 4.20. The maximum atomic E-state index is 3.10. The van der Waals surface area contributed by atoms with E-state index in [1.165, 1.54) is 4.90 Å². The lowest BCUT2D eigenvalue weighted by molar-refractivity contribution is 1.47. The Labute approximate surface area is 92.0 Å². The average molecular weight is 216 g/mol. The van der Waals surface area contributed by atoms with Crippen LogP contribution in [0, 0.1) is 11.2 Å². The van der Waals surface area contributed by atoms with Crippen LogP contribution in [0.2, 0.25) is 0 Å². The van der Waals surface area contributed by atoms with Gasteiger partial charge in [0.05, 0.1) is 0 Å². The van der Waals surface area contributed by atoms with Crippen LogP contribution in [0.3, 0.4) is 0 Å². The van der Waals surface area contributed by atoms with E-state index in [1.807, 2.05) is 29.6 Å². The van der Waals surface area contributed by atoms with Gasteiger partial charge in [0.2, 0.25) is 0 Å². The molecular formula is C12H8S2. The zero-order valence-electron chi connectivity index (χ0n) is 7.44. The van der Waals surface area contributed by atoms with Crippen molar-refractivity contribution < 1.29 is 0 Å². The van der Waals surface area contributed by atoms with E-state index >= 15 is 0 Å². The fraction of sp³-hybridized carbons (Fsp3) is 0. The third-order valence-electron chi connectivity index (χ3n) is 1.63. The van der Waals surface area contributed by atoms with Crippen molar-refractivity contribution >= 4 is 23.1 Å². The molecule has 0 nitrogen and oxygen atoms in total. The van der Waals surface area contributed by atoms with Crippen LogP contribution in [-0.4, -0.2) is 0 Å². The Bertz CT molecular complexity index is 432. The number of benzene rings is 1. The molecule has 0 unspecified atom stereocenters. The summed E-state index contributed by atoms with van der Waals surface area (Å²) in [4.78, 5) is 1.19. The van der Waals surface area contributed by atoms with Crippen LogP contribution < -0.4 is 0 Å². The Morgan fingerprint density at radius 3 is 2.64 bits per heavy atom. The molecule has 0 saturated carbocycles. The molecule has 2 heteroatoms. The van der Waals surface area contributed by atoms with Crippen LogP contribution in [0.1, 0.15) is 5.56 Å². The minimum Gasteiger partial charge on any atom is -0.151 e. The molecule has 0 atom stereocenters. The molecule has 0 fully saturated rings. The number of thiophene rings is 1. The lowest BCUT2D eigenvalue weighted by Gasteiger charge is -1.89. The number of hydrogen-bond donors (Lipinski definition) is 0. The minimum absolute atomic E-state index is 1.10. The first-order valence-corrected chi connectivity index (χ1v) is 5.96. The SMILES string of the molecule is C(#Cc1ccsc1)Sc1ccccc1. The van der Waals surface area contributed by atoms with Crippen molar-refractivity contribution in [1.82, 2.24) is 0 Å². The van der Waals surface area contributed by atoms with Gasteiger partial charge in [0.15, 0.2) is 0 Å². The number of hydrogen-bond acceptors (Lipinski definition) is 2. The van der Waals surface area contributed by atoms with Gasteiger partial charge in [0, 0.05) is 15.8 Å². The Morgan fingerprint density at radius 1 is 1.07 bits per heavy atom. The predicted molar refractivity (Wildman–Crippen MR) is 63.5 cm³/mol. The number of rotatable bonds is 1. The molecule has 0 radical (unpaired) electrons. The zero-order valence-corrected chi connectivity index (χ0v) is 9.07. The van der Waals surface area contributed by atoms with E-state index in [0.29, 0.717) is 0 Å². The molecule has 14 heavy (non-hydrogen) atoms. The van der Waals surface area contributed by atoms with Crippen LogP contribution in [0.5, 0.6) is 0 Å². The van der Waals surface area contributed by atoms with Gasteiger partial charge in [-0.05, 0) is 40.6 Å². The summed E-state index contributed by atoms with van der Waals surface area (Å²) in [6.07, 6.45) is 0. The molecule has 68 valence electrons. The molecule has 2 rings (SSSR count). The smallest absolute Gasteiger partial charge is 0.0361 e. The van der Waals surface area contributed by atoms with E-state index in [-0.39, 0.29) is 0 Å². The second-order valence-electron chi connectivity index (χ2n) is 2.65. The summed E-state index contributed by atoms with van der Waals surface area (Å²) in [5.41, 5.74) is 1.10. The lowest BCUT2D eigenvalue weighted by Crippen LogP contribution is -1.65. The standard InChI is InChI=1S/C12H8S2/c1-2-4-12(5-3-1)14-9-7-11-6-8-13-10-11/h1-6,8,10H. The molecule has 0 aliphatic carbocycles. The fourth-order valence-corrected chi connectivity index (χ4v) is 2.14. The Morgan fingerprint density at radius 2 is 1.93 bits per heavy atom. The Hall–Kier alpha value is -1.17. The summed E-state index contributed by atoms with van der Waals surface area (Å²) in [5.74, 6) is 3.10. The monoisotopic (exact) mass is 216 g/mol. The third kappa shape index (κ3) is 2.66. The van der Waals surface area contributed by atoms with Crippen LogP contribution >= 0.6 is 23.1 Å². The average Bonchev–Trinajstić information content (AvgIpc) is 2.72. The van der Waals surface area contributed by atoms with Gasteiger partial charge >= 0.3 is 0 Å². The van der Waals surface area contributed by atoms with Crippen molar-refractivity contribution in [1.29, 1.82) is 0 Å². The van der Waals surface area contributed by atoms with Crippen LogP contribution in [-0.2, 0) is 0 Å². The molecule has 0 amide bonds. The third-order valence-corrected chi connectivity index (χ3v) is 3.02. The van der Waals surface area contributed by atoms with Crippen molar-refractivity contribution in [2.75, 3.05) is 0 Å². The van der Waals surface area contributed by atoms with Gasteiger partial charge in [-0.25, -0.2) is 0 Å². The molecule has 0 saturated heterocycles.